The Bertz CT molecular complexity index is 906. The summed E-state index contributed by atoms with van der Waals surface area (Å²) < 4.78 is 0. The van der Waals surface area contributed by atoms with Crippen molar-refractivity contribution in [3.8, 4) is 0 Å². The minimum Gasteiger partial charge on any atom is -0.338 e. The van der Waals surface area contributed by atoms with Crippen LogP contribution in [0.1, 0.15) is 41.7 Å². The Hall–Kier alpha value is -2.96. The van der Waals surface area contributed by atoms with E-state index in [0.29, 0.717) is 38.2 Å². The topological polar surface area (TPSA) is 86.4 Å². The van der Waals surface area contributed by atoms with Crippen molar-refractivity contribution in [1.29, 1.82) is 0 Å². The Morgan fingerprint density at radius 1 is 1.14 bits per heavy atom. The second-order valence-corrected chi connectivity index (χ2v) is 7.84. The van der Waals surface area contributed by atoms with Gasteiger partial charge in [-0.25, -0.2) is 0 Å². The molecule has 7 heteroatoms. The summed E-state index contributed by atoms with van der Waals surface area (Å²) in [5.74, 6) is 0.0869. The predicted molar refractivity (Wildman–Crippen MR) is 104 cm³/mol. The molecule has 0 aliphatic carbocycles. The SMILES string of the molecule is O=C1CC[C@@]2(CCCN(C(=O)c3ccc(=O)[nH]c3)C2)CN1Cc1ccccn1. The quantitative estimate of drug-likeness (QED) is 0.880. The van der Waals surface area contributed by atoms with Gasteiger partial charge in [0.25, 0.3) is 5.91 Å². The molecule has 2 fully saturated rings. The Morgan fingerprint density at radius 3 is 2.79 bits per heavy atom. The maximum absolute atomic E-state index is 12.9. The van der Waals surface area contributed by atoms with Gasteiger partial charge < -0.3 is 14.8 Å². The van der Waals surface area contributed by atoms with Gasteiger partial charge in [0.05, 0.1) is 17.8 Å². The van der Waals surface area contributed by atoms with E-state index in [2.05, 4.69) is 9.97 Å². The van der Waals surface area contributed by atoms with Crippen molar-refractivity contribution in [1.82, 2.24) is 19.8 Å². The average Bonchev–Trinajstić information content (AvgIpc) is 2.72. The summed E-state index contributed by atoms with van der Waals surface area (Å²) in [6.07, 6.45) is 6.46. The molecule has 1 spiro atoms. The number of likely N-dealkylation sites (tertiary alicyclic amines) is 2. The van der Waals surface area contributed by atoms with Crippen LogP contribution in [-0.2, 0) is 11.3 Å². The molecular formula is C21H24N4O3. The minimum absolute atomic E-state index is 0.0662. The zero-order chi connectivity index (χ0) is 19.6. The Morgan fingerprint density at radius 2 is 2.04 bits per heavy atom. The van der Waals surface area contributed by atoms with Gasteiger partial charge in [-0.1, -0.05) is 6.07 Å². The van der Waals surface area contributed by atoms with Gasteiger partial charge in [-0.3, -0.25) is 19.4 Å². The van der Waals surface area contributed by atoms with Crippen LogP contribution in [0.25, 0.3) is 0 Å². The number of amides is 2. The molecule has 4 rings (SSSR count). The number of carbonyl (C=O) groups is 2. The molecule has 28 heavy (non-hydrogen) atoms. The molecule has 0 saturated carbocycles. The zero-order valence-electron chi connectivity index (χ0n) is 15.8. The van der Waals surface area contributed by atoms with Crippen LogP contribution in [-0.4, -0.2) is 51.2 Å². The summed E-state index contributed by atoms with van der Waals surface area (Å²) in [5, 5.41) is 0. The van der Waals surface area contributed by atoms with Gasteiger partial charge in [-0.05, 0) is 37.5 Å². The van der Waals surface area contributed by atoms with Crippen LogP contribution in [0.3, 0.4) is 0 Å². The van der Waals surface area contributed by atoms with Gasteiger partial charge in [-0.2, -0.15) is 0 Å². The third-order valence-electron chi connectivity index (χ3n) is 5.81. The van der Waals surface area contributed by atoms with Gasteiger partial charge in [-0.15, -0.1) is 0 Å². The molecule has 146 valence electrons. The van der Waals surface area contributed by atoms with Crippen molar-refractivity contribution in [2.24, 2.45) is 5.41 Å². The van der Waals surface area contributed by atoms with Gasteiger partial charge >= 0.3 is 0 Å². The zero-order valence-corrected chi connectivity index (χ0v) is 15.8. The fourth-order valence-electron chi connectivity index (χ4n) is 4.37. The fourth-order valence-corrected chi connectivity index (χ4v) is 4.37. The van der Waals surface area contributed by atoms with Crippen LogP contribution >= 0.6 is 0 Å². The van der Waals surface area contributed by atoms with Crippen molar-refractivity contribution in [2.75, 3.05) is 19.6 Å². The van der Waals surface area contributed by atoms with E-state index in [-0.39, 0.29) is 22.8 Å². The van der Waals surface area contributed by atoms with E-state index in [9.17, 15) is 14.4 Å². The standard InChI is InChI=1S/C21H24N4O3/c26-18-6-5-16(12-23-18)20(28)24-11-3-8-21(14-24)9-7-19(27)25(15-21)13-17-4-1-2-10-22-17/h1-2,4-6,10,12H,3,7-9,11,13-15H2,(H,23,26)/t21-/m1/s1. The highest BCUT2D eigenvalue weighted by atomic mass is 16.2. The van der Waals surface area contributed by atoms with Crippen LogP contribution in [0, 0.1) is 5.41 Å². The molecule has 2 amide bonds. The lowest BCUT2D eigenvalue weighted by atomic mass is 9.73. The maximum Gasteiger partial charge on any atom is 0.255 e. The van der Waals surface area contributed by atoms with Gasteiger partial charge in [0.15, 0.2) is 0 Å². The first-order valence-corrected chi connectivity index (χ1v) is 9.70. The van der Waals surface area contributed by atoms with Crippen molar-refractivity contribution in [3.63, 3.8) is 0 Å². The number of aromatic nitrogens is 2. The molecule has 2 saturated heterocycles. The fraction of sp³-hybridized carbons (Fsp3) is 0.429. The molecule has 2 aliphatic heterocycles. The van der Waals surface area contributed by atoms with E-state index in [1.54, 1.807) is 12.3 Å². The predicted octanol–water partition coefficient (Wildman–Crippen LogP) is 1.81. The number of hydrogen-bond donors (Lipinski definition) is 1. The van der Waals surface area contributed by atoms with Crippen molar-refractivity contribution in [3.05, 3.63) is 64.3 Å². The monoisotopic (exact) mass is 380 g/mol. The number of piperidine rings is 2. The minimum atomic E-state index is -0.220. The highest BCUT2D eigenvalue weighted by Crippen LogP contribution is 2.39. The average molecular weight is 380 g/mol. The van der Waals surface area contributed by atoms with Crippen LogP contribution in [0.2, 0.25) is 0 Å². The van der Waals surface area contributed by atoms with Gasteiger partial charge in [0, 0.05) is 49.9 Å². The molecular weight excluding hydrogens is 356 g/mol. The van der Waals surface area contributed by atoms with Gasteiger partial charge in [0.1, 0.15) is 0 Å². The van der Waals surface area contributed by atoms with Crippen molar-refractivity contribution < 1.29 is 9.59 Å². The number of nitrogens with zero attached hydrogens (tertiary/aromatic N) is 3. The van der Waals surface area contributed by atoms with E-state index in [1.807, 2.05) is 28.0 Å². The smallest absolute Gasteiger partial charge is 0.255 e. The van der Waals surface area contributed by atoms with E-state index in [0.717, 1.165) is 25.0 Å². The third-order valence-corrected chi connectivity index (χ3v) is 5.81. The van der Waals surface area contributed by atoms with Crippen molar-refractivity contribution in [2.45, 2.75) is 32.2 Å². The maximum atomic E-state index is 12.9. The number of H-pyrrole nitrogens is 1. The lowest BCUT2D eigenvalue weighted by molar-refractivity contribution is -0.139. The third kappa shape index (κ3) is 3.83. The van der Waals surface area contributed by atoms with Crippen LogP contribution in [0.15, 0.2) is 47.5 Å². The number of pyridine rings is 2. The molecule has 0 aromatic carbocycles. The summed E-state index contributed by atoms with van der Waals surface area (Å²) in [5.41, 5.74) is 1.08. The first kappa shape index (κ1) is 18.4. The second kappa shape index (κ2) is 7.58. The van der Waals surface area contributed by atoms with Gasteiger partial charge in [0.2, 0.25) is 11.5 Å². The van der Waals surface area contributed by atoms with E-state index in [1.165, 1.54) is 12.3 Å². The number of aromatic amines is 1. The van der Waals surface area contributed by atoms with Crippen molar-refractivity contribution >= 4 is 11.8 Å². The normalized spacial score (nSPS) is 22.5. The Labute approximate surface area is 163 Å². The Balaban J connectivity index is 1.49. The van der Waals surface area contributed by atoms with E-state index >= 15 is 0 Å². The first-order chi connectivity index (χ1) is 13.5. The molecule has 2 aromatic rings. The summed E-state index contributed by atoms with van der Waals surface area (Å²) in [6, 6.07) is 8.67. The highest BCUT2D eigenvalue weighted by molar-refractivity contribution is 5.94. The molecule has 0 unspecified atom stereocenters. The van der Waals surface area contributed by atoms with Crippen LogP contribution in [0.4, 0.5) is 0 Å². The summed E-state index contributed by atoms with van der Waals surface area (Å²) in [6.45, 7) is 2.50. The number of nitrogens with one attached hydrogen (secondary N) is 1. The number of rotatable bonds is 3. The molecule has 2 aromatic heterocycles. The molecule has 4 heterocycles. The molecule has 2 aliphatic rings. The largest absolute Gasteiger partial charge is 0.338 e. The first-order valence-electron chi connectivity index (χ1n) is 9.70. The number of hydrogen-bond acceptors (Lipinski definition) is 4. The molecule has 0 radical (unpaired) electrons. The molecule has 1 N–H and O–H groups in total. The molecule has 0 bridgehead atoms. The van der Waals surface area contributed by atoms with Crippen LogP contribution < -0.4 is 5.56 Å². The number of carbonyl (C=O) groups excluding carboxylic acids is 2. The molecule has 1 atom stereocenters. The van der Waals surface area contributed by atoms with E-state index < -0.39 is 0 Å². The second-order valence-electron chi connectivity index (χ2n) is 7.84. The van der Waals surface area contributed by atoms with Crippen LogP contribution in [0.5, 0.6) is 0 Å². The summed E-state index contributed by atoms with van der Waals surface area (Å²) >= 11 is 0. The van der Waals surface area contributed by atoms with E-state index in [4.69, 9.17) is 0 Å². The lowest BCUT2D eigenvalue weighted by Gasteiger charge is -2.48. The summed E-state index contributed by atoms with van der Waals surface area (Å²) in [4.78, 5) is 47.3. The Kier molecular flexibility index (Phi) is 4.98. The molecule has 7 nitrogen and oxygen atoms in total. The summed E-state index contributed by atoms with van der Waals surface area (Å²) in [7, 11) is 0. The lowest BCUT2D eigenvalue weighted by Crippen LogP contribution is -2.54. The highest BCUT2D eigenvalue weighted by Gasteiger charge is 2.42.